The molecule has 0 amide bonds. The predicted octanol–water partition coefficient (Wildman–Crippen LogP) is 7.72. The molecule has 0 aromatic heterocycles. The average molecular weight is 475 g/mol. The molecule has 4 rings (SSSR count). The fraction of sp³-hybridized carbons (Fsp3) is 0.419. The number of benzene rings is 3. The zero-order valence-corrected chi connectivity index (χ0v) is 20.9. The third kappa shape index (κ3) is 5.27. The van der Waals surface area contributed by atoms with Gasteiger partial charge in [-0.3, -0.25) is 0 Å². The lowest BCUT2D eigenvalue weighted by Crippen LogP contribution is -2.26. The summed E-state index contributed by atoms with van der Waals surface area (Å²) in [6.07, 6.45) is 10.4. The maximum Gasteiger partial charge on any atom is 0.123 e. The van der Waals surface area contributed by atoms with Gasteiger partial charge in [-0.15, -0.1) is 0 Å². The maximum atomic E-state index is 10.8. The van der Waals surface area contributed by atoms with Crippen LogP contribution in [0.15, 0.2) is 60.7 Å². The molecule has 0 saturated heterocycles. The molecule has 1 aliphatic rings. The van der Waals surface area contributed by atoms with Gasteiger partial charge in [-0.05, 0) is 67.7 Å². The maximum absolute atomic E-state index is 10.8. The molecular weight excluding hydrogens is 436 g/mol. The van der Waals surface area contributed by atoms with E-state index in [2.05, 4.69) is 31.2 Å². The molecule has 0 spiro atoms. The number of hydrogen-bond acceptors (Lipinski definition) is 4. The van der Waals surface area contributed by atoms with Crippen LogP contribution in [0.3, 0.4) is 0 Å². The van der Waals surface area contributed by atoms with E-state index in [-0.39, 0.29) is 23.0 Å². The number of phenols is 4. The van der Waals surface area contributed by atoms with Crippen LogP contribution in [0.25, 0.3) is 0 Å². The van der Waals surface area contributed by atoms with Gasteiger partial charge in [0.2, 0.25) is 0 Å². The Balaban J connectivity index is 1.63. The lowest BCUT2D eigenvalue weighted by molar-refractivity contribution is 0.303. The van der Waals surface area contributed by atoms with Crippen LogP contribution in [0, 0.1) is 5.92 Å². The van der Waals surface area contributed by atoms with Crippen LogP contribution < -0.4 is 0 Å². The summed E-state index contributed by atoms with van der Waals surface area (Å²) in [5.41, 5.74) is 2.49. The molecule has 0 radical (unpaired) electrons. The Morgan fingerprint density at radius 2 is 1.26 bits per heavy atom. The van der Waals surface area contributed by atoms with Crippen molar-refractivity contribution in [2.75, 3.05) is 0 Å². The van der Waals surface area contributed by atoms with E-state index < -0.39 is 5.41 Å². The molecule has 0 atom stereocenters. The zero-order valence-electron chi connectivity index (χ0n) is 20.9. The van der Waals surface area contributed by atoms with Gasteiger partial charge in [0, 0.05) is 28.7 Å². The standard InChI is InChI=1S/C31H38O4/c1-3-4-5-6-21-7-9-22(10-8-21)23-11-13-24(14-12-23)31(2,27-17-15-25(32)19-29(27)34)28-18-16-26(33)20-30(28)35/h11-22,32-35H,3-10H2,1-2H3. The number of phenolic OH excluding ortho intramolecular Hbond substituents is 4. The summed E-state index contributed by atoms with van der Waals surface area (Å²) in [5, 5.41) is 41.2. The summed E-state index contributed by atoms with van der Waals surface area (Å²) < 4.78 is 0. The SMILES string of the molecule is CCCCCC1CCC(c2ccc(C(C)(c3ccc(O)cc3O)c3ccc(O)cc3O)cc2)CC1. The van der Waals surface area contributed by atoms with E-state index in [1.165, 1.54) is 81.2 Å². The lowest BCUT2D eigenvalue weighted by Gasteiger charge is -2.34. The highest BCUT2D eigenvalue weighted by molar-refractivity contribution is 5.59. The molecule has 0 aliphatic heterocycles. The van der Waals surface area contributed by atoms with Crippen LogP contribution in [0.2, 0.25) is 0 Å². The minimum absolute atomic E-state index is 0.0239. The van der Waals surface area contributed by atoms with Crippen molar-refractivity contribution in [3.8, 4) is 23.0 Å². The van der Waals surface area contributed by atoms with Gasteiger partial charge in [0.1, 0.15) is 23.0 Å². The first-order valence-corrected chi connectivity index (χ1v) is 13.0. The molecule has 1 aliphatic carbocycles. The smallest absolute Gasteiger partial charge is 0.123 e. The van der Waals surface area contributed by atoms with Crippen LogP contribution in [-0.2, 0) is 5.41 Å². The molecule has 3 aromatic carbocycles. The van der Waals surface area contributed by atoms with Crippen LogP contribution in [-0.4, -0.2) is 20.4 Å². The van der Waals surface area contributed by atoms with Gasteiger partial charge in [0.15, 0.2) is 0 Å². The van der Waals surface area contributed by atoms with Crippen molar-refractivity contribution < 1.29 is 20.4 Å². The van der Waals surface area contributed by atoms with E-state index in [1.807, 2.05) is 6.92 Å². The molecule has 35 heavy (non-hydrogen) atoms. The Kier molecular flexibility index (Phi) is 7.59. The van der Waals surface area contributed by atoms with Crippen LogP contribution in [0.5, 0.6) is 23.0 Å². The average Bonchev–Trinajstić information content (AvgIpc) is 2.84. The fourth-order valence-corrected chi connectivity index (χ4v) is 5.90. The van der Waals surface area contributed by atoms with Crippen LogP contribution in [0.4, 0.5) is 0 Å². The van der Waals surface area contributed by atoms with E-state index >= 15 is 0 Å². The monoisotopic (exact) mass is 474 g/mol. The Labute approximate surface area is 208 Å². The minimum Gasteiger partial charge on any atom is -0.508 e. The Morgan fingerprint density at radius 1 is 0.714 bits per heavy atom. The molecule has 0 bridgehead atoms. The highest BCUT2D eigenvalue weighted by Crippen LogP contribution is 2.47. The van der Waals surface area contributed by atoms with Gasteiger partial charge in [-0.1, -0.05) is 69.0 Å². The number of unbranched alkanes of at least 4 members (excludes halogenated alkanes) is 2. The summed E-state index contributed by atoms with van der Waals surface area (Å²) in [6.45, 7) is 4.21. The second kappa shape index (κ2) is 10.6. The fourth-order valence-electron chi connectivity index (χ4n) is 5.90. The van der Waals surface area contributed by atoms with Crippen molar-refractivity contribution in [1.82, 2.24) is 0 Å². The first-order valence-electron chi connectivity index (χ1n) is 13.0. The summed E-state index contributed by atoms with van der Waals surface area (Å²) in [4.78, 5) is 0. The van der Waals surface area contributed by atoms with E-state index in [0.717, 1.165) is 11.5 Å². The quantitative estimate of drug-likeness (QED) is 0.199. The van der Waals surface area contributed by atoms with E-state index in [1.54, 1.807) is 12.1 Å². The molecule has 0 heterocycles. The van der Waals surface area contributed by atoms with Crippen LogP contribution in [0.1, 0.15) is 93.4 Å². The topological polar surface area (TPSA) is 80.9 Å². The number of hydrogen-bond donors (Lipinski definition) is 4. The van der Waals surface area contributed by atoms with E-state index in [4.69, 9.17) is 0 Å². The zero-order chi connectivity index (χ0) is 25.0. The Bertz CT molecular complexity index is 1080. The van der Waals surface area contributed by atoms with Gasteiger partial charge in [0.25, 0.3) is 0 Å². The van der Waals surface area contributed by atoms with Crippen molar-refractivity contribution in [1.29, 1.82) is 0 Å². The molecular formula is C31H38O4. The predicted molar refractivity (Wildman–Crippen MR) is 140 cm³/mol. The van der Waals surface area contributed by atoms with Crippen molar-refractivity contribution in [3.05, 3.63) is 82.9 Å². The first-order chi connectivity index (χ1) is 16.8. The second-order valence-corrected chi connectivity index (χ2v) is 10.4. The normalized spacial score (nSPS) is 18.5. The van der Waals surface area contributed by atoms with Crippen molar-refractivity contribution in [2.45, 2.75) is 76.5 Å². The molecule has 0 unspecified atom stereocenters. The van der Waals surface area contributed by atoms with Crippen molar-refractivity contribution in [2.24, 2.45) is 5.92 Å². The van der Waals surface area contributed by atoms with Crippen LogP contribution >= 0.6 is 0 Å². The van der Waals surface area contributed by atoms with Gasteiger partial charge in [0.05, 0.1) is 0 Å². The Hall–Kier alpha value is -3.14. The van der Waals surface area contributed by atoms with E-state index in [0.29, 0.717) is 17.0 Å². The molecule has 4 nitrogen and oxygen atoms in total. The second-order valence-electron chi connectivity index (χ2n) is 10.4. The van der Waals surface area contributed by atoms with Gasteiger partial charge in [-0.25, -0.2) is 0 Å². The molecule has 3 aromatic rings. The molecule has 4 N–H and O–H groups in total. The number of rotatable bonds is 8. The summed E-state index contributed by atoms with van der Waals surface area (Å²) in [6, 6.07) is 17.6. The van der Waals surface area contributed by atoms with Crippen molar-refractivity contribution >= 4 is 0 Å². The lowest BCUT2D eigenvalue weighted by atomic mass is 9.69. The highest BCUT2D eigenvalue weighted by atomic mass is 16.3. The van der Waals surface area contributed by atoms with Crippen molar-refractivity contribution in [3.63, 3.8) is 0 Å². The van der Waals surface area contributed by atoms with Gasteiger partial charge in [-0.2, -0.15) is 0 Å². The van der Waals surface area contributed by atoms with E-state index in [9.17, 15) is 20.4 Å². The Morgan fingerprint density at radius 3 is 1.74 bits per heavy atom. The summed E-state index contributed by atoms with van der Waals surface area (Å²) in [5.74, 6) is 1.29. The highest BCUT2D eigenvalue weighted by Gasteiger charge is 2.36. The van der Waals surface area contributed by atoms with Gasteiger partial charge < -0.3 is 20.4 Å². The van der Waals surface area contributed by atoms with Gasteiger partial charge >= 0.3 is 0 Å². The third-order valence-corrected chi connectivity index (χ3v) is 8.06. The molecule has 4 heteroatoms. The summed E-state index contributed by atoms with van der Waals surface area (Å²) in [7, 11) is 0. The number of aromatic hydroxyl groups is 4. The largest absolute Gasteiger partial charge is 0.508 e. The first kappa shape index (κ1) is 25.0. The molecule has 1 saturated carbocycles. The third-order valence-electron chi connectivity index (χ3n) is 8.06. The molecule has 186 valence electrons. The minimum atomic E-state index is -0.898. The summed E-state index contributed by atoms with van der Waals surface area (Å²) >= 11 is 0. The molecule has 1 fully saturated rings.